The summed E-state index contributed by atoms with van der Waals surface area (Å²) in [5, 5.41) is 9.85. The van der Waals surface area contributed by atoms with Crippen LogP contribution in [0.5, 0.6) is 0 Å². The van der Waals surface area contributed by atoms with Crippen LogP contribution in [-0.2, 0) is 4.74 Å². The summed E-state index contributed by atoms with van der Waals surface area (Å²) >= 11 is 0. The van der Waals surface area contributed by atoms with Gasteiger partial charge in [0, 0.05) is 6.42 Å². The molecule has 1 fully saturated rings. The van der Waals surface area contributed by atoms with Gasteiger partial charge in [-0.3, -0.25) is 0 Å². The molecule has 1 aliphatic rings. The zero-order valence-corrected chi connectivity index (χ0v) is 8.60. The van der Waals surface area contributed by atoms with Gasteiger partial charge in [0.2, 0.25) is 0 Å². The second-order valence-corrected chi connectivity index (χ2v) is 4.48. The molecule has 0 unspecified atom stereocenters. The molecule has 0 aliphatic carbocycles. The molecule has 1 aromatic carbocycles. The fourth-order valence-corrected chi connectivity index (χ4v) is 2.01. The second-order valence-electron chi connectivity index (χ2n) is 4.48. The lowest BCUT2D eigenvalue weighted by Gasteiger charge is -2.19. The minimum atomic E-state index is -0.382. The molecule has 1 N–H and O–H groups in total. The summed E-state index contributed by atoms with van der Waals surface area (Å²) < 4.78 is 5.80. The predicted molar refractivity (Wildman–Crippen MR) is 55.0 cm³/mol. The smallest absolute Gasteiger partial charge is 0.109 e. The molecule has 0 spiro atoms. The highest BCUT2D eigenvalue weighted by molar-refractivity contribution is 5.20. The Bertz CT molecular complexity index is 305. The Morgan fingerprint density at radius 1 is 1.29 bits per heavy atom. The molecule has 1 aliphatic heterocycles. The highest BCUT2D eigenvalue weighted by Gasteiger charge is 2.39. The summed E-state index contributed by atoms with van der Waals surface area (Å²) in [7, 11) is 0. The molecule has 2 nitrogen and oxygen atoms in total. The van der Waals surface area contributed by atoms with Crippen LogP contribution >= 0.6 is 0 Å². The van der Waals surface area contributed by atoms with Gasteiger partial charge in [-0.25, -0.2) is 0 Å². The van der Waals surface area contributed by atoms with E-state index >= 15 is 0 Å². The van der Waals surface area contributed by atoms with Gasteiger partial charge in [0.1, 0.15) is 6.10 Å². The van der Waals surface area contributed by atoms with Crippen LogP contribution in [0.1, 0.15) is 31.9 Å². The maximum absolute atomic E-state index is 9.85. The lowest BCUT2D eigenvalue weighted by molar-refractivity contribution is -0.0333. The van der Waals surface area contributed by atoms with E-state index in [1.54, 1.807) is 0 Å². The van der Waals surface area contributed by atoms with Gasteiger partial charge in [0.05, 0.1) is 11.7 Å². The van der Waals surface area contributed by atoms with E-state index < -0.39 is 0 Å². The molecule has 1 saturated heterocycles. The van der Waals surface area contributed by atoms with Crippen molar-refractivity contribution in [1.82, 2.24) is 0 Å². The van der Waals surface area contributed by atoms with Crippen molar-refractivity contribution >= 4 is 0 Å². The minimum Gasteiger partial charge on any atom is -0.390 e. The Hall–Kier alpha value is -0.860. The van der Waals surface area contributed by atoms with E-state index in [1.165, 1.54) is 0 Å². The van der Waals surface area contributed by atoms with Gasteiger partial charge in [0.15, 0.2) is 0 Å². The molecule has 1 aromatic rings. The summed E-state index contributed by atoms with van der Waals surface area (Å²) in [6, 6.07) is 9.90. The van der Waals surface area contributed by atoms with Gasteiger partial charge in [-0.1, -0.05) is 30.3 Å². The molecule has 0 saturated carbocycles. The van der Waals surface area contributed by atoms with E-state index in [0.29, 0.717) is 6.42 Å². The van der Waals surface area contributed by atoms with Gasteiger partial charge in [-0.05, 0) is 19.4 Å². The third-order valence-corrected chi connectivity index (χ3v) is 2.62. The maximum Gasteiger partial charge on any atom is 0.109 e. The SMILES string of the molecule is CC1(C)C[C@H](O)[C@@H](c2ccccc2)O1. The Morgan fingerprint density at radius 2 is 1.93 bits per heavy atom. The van der Waals surface area contributed by atoms with E-state index in [2.05, 4.69) is 0 Å². The third kappa shape index (κ3) is 1.81. The Morgan fingerprint density at radius 3 is 2.43 bits per heavy atom. The minimum absolute atomic E-state index is 0.161. The zero-order chi connectivity index (χ0) is 10.2. The third-order valence-electron chi connectivity index (χ3n) is 2.62. The number of aliphatic hydroxyl groups is 1. The molecule has 0 bridgehead atoms. The summed E-state index contributed by atoms with van der Waals surface area (Å²) in [4.78, 5) is 0. The Balaban J connectivity index is 2.21. The van der Waals surface area contributed by atoms with Crippen LogP contribution in [0.4, 0.5) is 0 Å². The quantitative estimate of drug-likeness (QED) is 0.739. The molecule has 2 atom stereocenters. The summed E-state index contributed by atoms with van der Waals surface area (Å²) in [5.74, 6) is 0. The van der Waals surface area contributed by atoms with E-state index in [9.17, 15) is 5.11 Å². The van der Waals surface area contributed by atoms with Gasteiger partial charge in [0.25, 0.3) is 0 Å². The van der Waals surface area contributed by atoms with Crippen molar-refractivity contribution < 1.29 is 9.84 Å². The molecule has 0 aromatic heterocycles. The average molecular weight is 192 g/mol. The van der Waals surface area contributed by atoms with Gasteiger partial charge in [-0.15, -0.1) is 0 Å². The molecular weight excluding hydrogens is 176 g/mol. The lowest BCUT2D eigenvalue weighted by atomic mass is 10.00. The standard InChI is InChI=1S/C12H16O2/c1-12(2)8-10(13)11(14-12)9-6-4-3-5-7-9/h3-7,10-11,13H,8H2,1-2H3/t10-,11+/m0/s1. The molecule has 2 rings (SSSR count). The Kier molecular flexibility index (Phi) is 2.33. The molecule has 2 heteroatoms. The Labute approximate surface area is 84.5 Å². The van der Waals surface area contributed by atoms with Crippen LogP contribution < -0.4 is 0 Å². The summed E-state index contributed by atoms with van der Waals surface area (Å²) in [5.41, 5.74) is 0.852. The van der Waals surface area contributed by atoms with Crippen LogP contribution in [0.2, 0.25) is 0 Å². The monoisotopic (exact) mass is 192 g/mol. The summed E-state index contributed by atoms with van der Waals surface area (Å²) in [6.07, 6.45) is 0.158. The number of rotatable bonds is 1. The van der Waals surface area contributed by atoms with E-state index in [0.717, 1.165) is 5.56 Å². The fourth-order valence-electron chi connectivity index (χ4n) is 2.01. The first-order chi connectivity index (χ1) is 6.58. The number of benzene rings is 1. The van der Waals surface area contributed by atoms with Crippen molar-refractivity contribution in [2.24, 2.45) is 0 Å². The van der Waals surface area contributed by atoms with Crippen LogP contribution in [-0.4, -0.2) is 16.8 Å². The van der Waals surface area contributed by atoms with Crippen molar-refractivity contribution in [3.8, 4) is 0 Å². The van der Waals surface area contributed by atoms with Crippen LogP contribution in [0.3, 0.4) is 0 Å². The van der Waals surface area contributed by atoms with Crippen molar-refractivity contribution in [3.63, 3.8) is 0 Å². The topological polar surface area (TPSA) is 29.5 Å². The zero-order valence-electron chi connectivity index (χ0n) is 8.60. The molecule has 76 valence electrons. The van der Waals surface area contributed by atoms with Crippen LogP contribution in [0.15, 0.2) is 30.3 Å². The molecule has 14 heavy (non-hydrogen) atoms. The second kappa shape index (κ2) is 3.37. The van der Waals surface area contributed by atoms with Crippen molar-refractivity contribution in [2.75, 3.05) is 0 Å². The number of ether oxygens (including phenoxy) is 1. The maximum atomic E-state index is 9.85. The highest BCUT2D eigenvalue weighted by atomic mass is 16.5. The van der Waals surface area contributed by atoms with Gasteiger partial charge >= 0.3 is 0 Å². The fraction of sp³-hybridized carbons (Fsp3) is 0.500. The van der Waals surface area contributed by atoms with E-state index in [4.69, 9.17) is 4.74 Å². The van der Waals surface area contributed by atoms with E-state index in [1.807, 2.05) is 44.2 Å². The number of aliphatic hydroxyl groups excluding tert-OH is 1. The first-order valence-corrected chi connectivity index (χ1v) is 4.99. The summed E-state index contributed by atoms with van der Waals surface area (Å²) in [6.45, 7) is 4.03. The first-order valence-electron chi connectivity index (χ1n) is 4.99. The normalized spacial score (nSPS) is 30.5. The van der Waals surface area contributed by atoms with E-state index in [-0.39, 0.29) is 17.8 Å². The van der Waals surface area contributed by atoms with Crippen molar-refractivity contribution in [3.05, 3.63) is 35.9 Å². The van der Waals surface area contributed by atoms with Crippen molar-refractivity contribution in [1.29, 1.82) is 0 Å². The molecule has 0 amide bonds. The van der Waals surface area contributed by atoms with Gasteiger partial charge in [-0.2, -0.15) is 0 Å². The van der Waals surface area contributed by atoms with Gasteiger partial charge < -0.3 is 9.84 Å². The average Bonchev–Trinajstić information content (AvgIpc) is 2.41. The lowest BCUT2D eigenvalue weighted by Crippen LogP contribution is -2.17. The molecule has 0 radical (unpaired) electrons. The van der Waals surface area contributed by atoms with Crippen LogP contribution in [0, 0.1) is 0 Å². The number of hydrogen-bond donors (Lipinski definition) is 1. The van der Waals surface area contributed by atoms with Crippen molar-refractivity contribution in [2.45, 2.75) is 38.1 Å². The first kappa shape index (κ1) is 9.69. The molecular formula is C12H16O2. The number of hydrogen-bond acceptors (Lipinski definition) is 2. The largest absolute Gasteiger partial charge is 0.390 e. The predicted octanol–water partition coefficient (Wildman–Crippen LogP) is 2.29. The molecule has 1 heterocycles. The highest BCUT2D eigenvalue weighted by Crippen LogP contribution is 2.38. The van der Waals surface area contributed by atoms with Crippen LogP contribution in [0.25, 0.3) is 0 Å².